The number of alkyl halides is 1. The summed E-state index contributed by atoms with van der Waals surface area (Å²) in [5.74, 6) is -1.39. The van der Waals surface area contributed by atoms with Crippen LogP contribution in [0.15, 0.2) is 36.4 Å². The molecule has 0 aliphatic carbocycles. The number of aromatic nitrogens is 1. The minimum Gasteiger partial charge on any atom is -0.447 e. The Balaban J connectivity index is 2.21. The minimum atomic E-state index is -0.499. The number of benzene rings is 1. The molecule has 7 nitrogen and oxygen atoms in total. The van der Waals surface area contributed by atoms with Crippen LogP contribution in [0.1, 0.15) is 63.6 Å². The summed E-state index contributed by atoms with van der Waals surface area (Å²) in [5, 5.41) is 5.07. The van der Waals surface area contributed by atoms with Crippen LogP contribution >= 0.6 is 15.9 Å². The van der Waals surface area contributed by atoms with Gasteiger partial charge in [-0.15, -0.1) is 0 Å². The second-order valence-corrected chi connectivity index (χ2v) is 7.38. The molecule has 8 heteroatoms. The SMILES string of the molecule is CCCNC(=O)c1nc(C)ccc1C(=O)Nc1cccc(C(=O)OC(Br)CC)c1. The molecule has 2 amide bonds. The largest absolute Gasteiger partial charge is 0.447 e. The summed E-state index contributed by atoms with van der Waals surface area (Å²) in [5.41, 5.74) is 1.57. The van der Waals surface area contributed by atoms with Crippen molar-refractivity contribution in [3.05, 3.63) is 58.9 Å². The number of carbonyl (C=O) groups excluding carboxylic acids is 3. The number of pyridine rings is 1. The van der Waals surface area contributed by atoms with Gasteiger partial charge in [0.2, 0.25) is 0 Å². The Morgan fingerprint density at radius 1 is 1.14 bits per heavy atom. The van der Waals surface area contributed by atoms with Crippen LogP contribution in [0, 0.1) is 6.92 Å². The predicted octanol–water partition coefficient (Wildman–Crippen LogP) is 4.07. The maximum absolute atomic E-state index is 12.8. The van der Waals surface area contributed by atoms with Crippen molar-refractivity contribution in [2.45, 2.75) is 38.6 Å². The van der Waals surface area contributed by atoms with E-state index in [2.05, 4.69) is 31.5 Å². The van der Waals surface area contributed by atoms with Gasteiger partial charge in [0.05, 0.1) is 11.1 Å². The van der Waals surface area contributed by atoms with Crippen molar-refractivity contribution in [1.29, 1.82) is 0 Å². The van der Waals surface area contributed by atoms with Crippen molar-refractivity contribution in [2.24, 2.45) is 0 Å². The number of hydrogen-bond donors (Lipinski definition) is 2. The van der Waals surface area contributed by atoms with Crippen LogP contribution < -0.4 is 10.6 Å². The molecule has 0 spiro atoms. The van der Waals surface area contributed by atoms with Crippen molar-refractivity contribution in [3.8, 4) is 0 Å². The van der Waals surface area contributed by atoms with Gasteiger partial charge >= 0.3 is 5.97 Å². The van der Waals surface area contributed by atoms with Crippen LogP contribution in [0.3, 0.4) is 0 Å². The van der Waals surface area contributed by atoms with Gasteiger partial charge in [0, 0.05) is 17.9 Å². The normalized spacial score (nSPS) is 11.4. The van der Waals surface area contributed by atoms with Gasteiger partial charge < -0.3 is 15.4 Å². The van der Waals surface area contributed by atoms with E-state index in [1.54, 1.807) is 37.3 Å². The molecule has 0 fully saturated rings. The number of amides is 2. The number of anilines is 1. The van der Waals surface area contributed by atoms with E-state index in [0.717, 1.165) is 6.42 Å². The molecular weight excluding hydrogens is 438 g/mol. The third-order valence-corrected chi connectivity index (χ3v) is 4.78. The zero-order chi connectivity index (χ0) is 21.4. The van der Waals surface area contributed by atoms with Crippen molar-refractivity contribution in [3.63, 3.8) is 0 Å². The molecule has 1 aromatic carbocycles. The zero-order valence-electron chi connectivity index (χ0n) is 16.6. The maximum Gasteiger partial charge on any atom is 0.339 e. The molecule has 0 saturated carbocycles. The maximum atomic E-state index is 12.8. The van der Waals surface area contributed by atoms with Crippen molar-refractivity contribution in [1.82, 2.24) is 10.3 Å². The first kappa shape index (κ1) is 22.5. The lowest BCUT2D eigenvalue weighted by molar-refractivity contribution is 0.0464. The molecule has 154 valence electrons. The number of carbonyl (C=O) groups is 3. The molecule has 1 heterocycles. The van der Waals surface area contributed by atoms with Crippen molar-refractivity contribution < 1.29 is 19.1 Å². The quantitative estimate of drug-likeness (QED) is 0.456. The van der Waals surface area contributed by atoms with E-state index in [0.29, 0.717) is 29.9 Å². The summed E-state index contributed by atoms with van der Waals surface area (Å²) in [4.78, 5) is 41.6. The molecule has 0 bridgehead atoms. The molecule has 1 unspecified atom stereocenters. The van der Waals surface area contributed by atoms with Crippen molar-refractivity contribution in [2.75, 3.05) is 11.9 Å². The third-order valence-electron chi connectivity index (χ3n) is 3.94. The number of rotatable bonds is 8. The summed E-state index contributed by atoms with van der Waals surface area (Å²) in [7, 11) is 0. The van der Waals surface area contributed by atoms with Gasteiger partial charge in [0.25, 0.3) is 11.8 Å². The molecule has 2 rings (SSSR count). The fraction of sp³-hybridized carbons (Fsp3) is 0.333. The number of nitrogens with zero attached hydrogens (tertiary/aromatic N) is 1. The molecule has 2 N–H and O–H groups in total. The lowest BCUT2D eigenvalue weighted by Gasteiger charge is -2.12. The molecule has 29 heavy (non-hydrogen) atoms. The number of esters is 1. The van der Waals surface area contributed by atoms with E-state index in [4.69, 9.17) is 4.74 Å². The Bertz CT molecular complexity index is 901. The van der Waals surface area contributed by atoms with Crippen molar-refractivity contribution >= 4 is 39.4 Å². The Kier molecular flexibility index (Phi) is 8.33. The highest BCUT2D eigenvalue weighted by atomic mass is 79.9. The molecule has 1 aromatic heterocycles. The fourth-order valence-electron chi connectivity index (χ4n) is 2.43. The van der Waals surface area contributed by atoms with Crippen LogP contribution in [0.5, 0.6) is 0 Å². The number of nitrogens with one attached hydrogen (secondary N) is 2. The second-order valence-electron chi connectivity index (χ2n) is 6.36. The van der Waals surface area contributed by atoms with E-state index in [-0.39, 0.29) is 16.3 Å². The summed E-state index contributed by atoms with van der Waals surface area (Å²) in [6, 6.07) is 9.65. The molecule has 0 saturated heterocycles. The van der Waals surface area contributed by atoms with Gasteiger partial charge in [-0.3, -0.25) is 9.59 Å². The van der Waals surface area contributed by atoms with Crippen LogP contribution in [0.25, 0.3) is 0 Å². The average molecular weight is 462 g/mol. The monoisotopic (exact) mass is 461 g/mol. The highest BCUT2D eigenvalue weighted by molar-refractivity contribution is 9.09. The molecule has 0 radical (unpaired) electrons. The van der Waals surface area contributed by atoms with Gasteiger partial charge in [-0.25, -0.2) is 9.78 Å². The summed E-state index contributed by atoms with van der Waals surface area (Å²) >= 11 is 3.25. The Labute approximate surface area is 178 Å². The van der Waals surface area contributed by atoms with E-state index < -0.39 is 17.8 Å². The zero-order valence-corrected chi connectivity index (χ0v) is 18.2. The van der Waals surface area contributed by atoms with E-state index in [1.165, 1.54) is 6.07 Å². The van der Waals surface area contributed by atoms with Gasteiger partial charge in [0.15, 0.2) is 5.01 Å². The first-order chi connectivity index (χ1) is 13.8. The first-order valence-corrected chi connectivity index (χ1v) is 10.3. The first-order valence-electron chi connectivity index (χ1n) is 9.38. The van der Waals surface area contributed by atoms with Crippen LogP contribution in [-0.4, -0.2) is 34.3 Å². The molecule has 2 aromatic rings. The van der Waals surface area contributed by atoms with E-state index in [1.807, 2.05) is 13.8 Å². The smallest absolute Gasteiger partial charge is 0.339 e. The lowest BCUT2D eigenvalue weighted by Crippen LogP contribution is -2.28. The Morgan fingerprint density at radius 2 is 1.90 bits per heavy atom. The standard InChI is InChI=1S/C21H24BrN3O4/c1-4-11-23-20(27)18-16(10-9-13(3)24-18)19(26)25-15-8-6-7-14(12-15)21(28)29-17(22)5-2/h6-10,12,17H,4-5,11H2,1-3H3,(H,23,27)(H,25,26). The Morgan fingerprint density at radius 3 is 2.59 bits per heavy atom. The summed E-state index contributed by atoms with van der Waals surface area (Å²) in [6.45, 7) is 6.06. The number of halogens is 1. The number of ether oxygens (including phenoxy) is 1. The predicted molar refractivity (Wildman–Crippen MR) is 114 cm³/mol. The topological polar surface area (TPSA) is 97.4 Å². The minimum absolute atomic E-state index is 0.0663. The summed E-state index contributed by atoms with van der Waals surface area (Å²) in [6.07, 6.45) is 1.40. The van der Waals surface area contributed by atoms with Crippen LogP contribution in [-0.2, 0) is 4.74 Å². The number of hydrogen-bond acceptors (Lipinski definition) is 5. The van der Waals surface area contributed by atoms with Gasteiger partial charge in [-0.2, -0.15) is 0 Å². The molecular formula is C21H24BrN3O4. The molecule has 1 atom stereocenters. The third kappa shape index (κ3) is 6.39. The fourth-order valence-corrected chi connectivity index (χ4v) is 2.59. The average Bonchev–Trinajstić information content (AvgIpc) is 2.71. The number of aryl methyl sites for hydroxylation is 1. The van der Waals surface area contributed by atoms with E-state index >= 15 is 0 Å². The van der Waals surface area contributed by atoms with Gasteiger partial charge in [-0.05, 0) is 66.0 Å². The highest BCUT2D eigenvalue weighted by Crippen LogP contribution is 2.17. The Hall–Kier alpha value is -2.74. The second kappa shape index (κ2) is 10.7. The van der Waals surface area contributed by atoms with Crippen LogP contribution in [0.2, 0.25) is 0 Å². The molecule has 0 aliphatic rings. The summed E-state index contributed by atoms with van der Waals surface area (Å²) < 4.78 is 5.23. The highest BCUT2D eigenvalue weighted by Gasteiger charge is 2.20. The van der Waals surface area contributed by atoms with Crippen LogP contribution in [0.4, 0.5) is 5.69 Å². The molecule has 0 aliphatic heterocycles. The van der Waals surface area contributed by atoms with Gasteiger partial charge in [-0.1, -0.05) is 19.9 Å². The van der Waals surface area contributed by atoms with Gasteiger partial charge in [0.1, 0.15) is 5.69 Å². The lowest BCUT2D eigenvalue weighted by atomic mass is 10.1. The van der Waals surface area contributed by atoms with E-state index in [9.17, 15) is 14.4 Å².